The van der Waals surface area contributed by atoms with Crippen molar-refractivity contribution in [1.82, 2.24) is 0 Å². The van der Waals surface area contributed by atoms with Crippen LogP contribution in [0.4, 0.5) is 0 Å². The van der Waals surface area contributed by atoms with E-state index in [2.05, 4.69) is 0 Å². The molecule has 0 aliphatic carbocycles. The summed E-state index contributed by atoms with van der Waals surface area (Å²) in [6, 6.07) is 9.52. The van der Waals surface area contributed by atoms with E-state index in [1.165, 1.54) is 0 Å². The molecule has 1 aliphatic rings. The number of benzene rings is 1. The van der Waals surface area contributed by atoms with Gasteiger partial charge in [-0.2, -0.15) is 0 Å². The molecule has 0 saturated carbocycles. The van der Waals surface area contributed by atoms with Crippen LogP contribution in [-0.4, -0.2) is 23.8 Å². The molecule has 1 aliphatic heterocycles. The Morgan fingerprint density at radius 2 is 2.18 bits per heavy atom. The molecule has 0 bridgehead atoms. The zero-order chi connectivity index (χ0) is 12.1. The second kappa shape index (κ2) is 5.64. The molecule has 0 amide bonds. The molecule has 2 rings (SSSR count). The topological polar surface area (TPSA) is 46.5 Å². The van der Waals surface area contributed by atoms with Crippen molar-refractivity contribution < 1.29 is 14.6 Å². The highest BCUT2D eigenvalue weighted by molar-refractivity contribution is 5.92. The molecule has 1 fully saturated rings. The lowest BCUT2D eigenvalue weighted by Crippen LogP contribution is -2.11. The Hall–Kier alpha value is -1.61. The minimum Gasteiger partial charge on any atom is -0.478 e. The van der Waals surface area contributed by atoms with Gasteiger partial charge >= 0.3 is 5.97 Å². The van der Waals surface area contributed by atoms with Crippen molar-refractivity contribution in [2.75, 3.05) is 6.61 Å². The van der Waals surface area contributed by atoms with Crippen molar-refractivity contribution in [3.05, 3.63) is 41.5 Å². The molecule has 1 N–H and O–H groups in total. The fourth-order valence-electron chi connectivity index (χ4n) is 2.01. The van der Waals surface area contributed by atoms with E-state index in [1.54, 1.807) is 6.08 Å². The van der Waals surface area contributed by atoms with Crippen LogP contribution in [0.15, 0.2) is 35.9 Å². The van der Waals surface area contributed by atoms with Crippen LogP contribution in [-0.2, 0) is 9.53 Å². The first kappa shape index (κ1) is 11.9. The highest BCUT2D eigenvalue weighted by Crippen LogP contribution is 2.21. The quantitative estimate of drug-likeness (QED) is 0.812. The minimum absolute atomic E-state index is 0.0704. The van der Waals surface area contributed by atoms with E-state index in [9.17, 15) is 9.90 Å². The van der Waals surface area contributed by atoms with Gasteiger partial charge in [0.25, 0.3) is 0 Å². The number of carboxylic acids is 1. The number of rotatable bonds is 4. The van der Waals surface area contributed by atoms with E-state index in [0.29, 0.717) is 12.0 Å². The number of aliphatic carboxylic acids is 1. The normalized spacial score (nSPS) is 20.5. The first-order chi connectivity index (χ1) is 8.25. The lowest BCUT2D eigenvalue weighted by atomic mass is 10.0. The highest BCUT2D eigenvalue weighted by Gasteiger charge is 2.20. The fraction of sp³-hybridized carbons (Fsp3) is 0.357. The van der Waals surface area contributed by atoms with Gasteiger partial charge in [0.2, 0.25) is 0 Å². The van der Waals surface area contributed by atoms with Gasteiger partial charge in [0.1, 0.15) is 0 Å². The Morgan fingerprint density at radius 3 is 2.76 bits per heavy atom. The maximum absolute atomic E-state index is 11.2. The van der Waals surface area contributed by atoms with Crippen LogP contribution in [0.5, 0.6) is 0 Å². The van der Waals surface area contributed by atoms with E-state index in [1.807, 2.05) is 30.3 Å². The summed E-state index contributed by atoms with van der Waals surface area (Å²) in [5.41, 5.74) is 1.34. The largest absolute Gasteiger partial charge is 0.478 e. The lowest BCUT2D eigenvalue weighted by molar-refractivity contribution is -0.133. The Bertz CT molecular complexity index is 403. The first-order valence-corrected chi connectivity index (χ1v) is 5.86. The van der Waals surface area contributed by atoms with Gasteiger partial charge in [0, 0.05) is 18.6 Å². The predicted octanol–water partition coefficient (Wildman–Crippen LogP) is 2.72. The summed E-state index contributed by atoms with van der Waals surface area (Å²) in [5.74, 6) is -0.857. The SMILES string of the molecule is O=C(O)C(=Cc1ccccc1)CC1CCCO1. The first-order valence-electron chi connectivity index (χ1n) is 5.86. The van der Waals surface area contributed by atoms with Crippen LogP contribution in [0.2, 0.25) is 0 Å². The number of carboxylic acid groups (broad SMARTS) is 1. The molecular weight excluding hydrogens is 216 g/mol. The molecule has 3 heteroatoms. The molecule has 1 aromatic carbocycles. The third kappa shape index (κ3) is 3.43. The van der Waals surface area contributed by atoms with Gasteiger partial charge in [0.05, 0.1) is 6.10 Å². The standard InChI is InChI=1S/C14H16O3/c15-14(16)12(10-13-7-4-8-17-13)9-11-5-2-1-3-6-11/h1-3,5-6,9,13H,4,7-8,10H2,(H,15,16). The minimum atomic E-state index is -0.857. The van der Waals surface area contributed by atoms with Gasteiger partial charge in [-0.05, 0) is 24.5 Å². The zero-order valence-electron chi connectivity index (χ0n) is 9.63. The summed E-state index contributed by atoms with van der Waals surface area (Å²) >= 11 is 0. The van der Waals surface area contributed by atoms with Crippen LogP contribution < -0.4 is 0 Å². The molecule has 1 saturated heterocycles. The number of carbonyl (C=O) groups is 1. The van der Waals surface area contributed by atoms with Gasteiger partial charge in [-0.15, -0.1) is 0 Å². The second-order valence-corrected chi connectivity index (χ2v) is 4.22. The third-order valence-corrected chi connectivity index (χ3v) is 2.89. The van der Waals surface area contributed by atoms with Crippen LogP contribution in [0.25, 0.3) is 6.08 Å². The zero-order valence-corrected chi connectivity index (χ0v) is 9.63. The summed E-state index contributed by atoms with van der Waals surface area (Å²) in [6.45, 7) is 0.753. The van der Waals surface area contributed by atoms with Crippen molar-refractivity contribution in [2.24, 2.45) is 0 Å². The Kier molecular flexibility index (Phi) is 3.94. The monoisotopic (exact) mass is 232 g/mol. The summed E-state index contributed by atoms with van der Waals surface area (Å²) in [4.78, 5) is 11.2. The van der Waals surface area contributed by atoms with Gasteiger partial charge in [0.15, 0.2) is 0 Å². The molecule has 0 spiro atoms. The highest BCUT2D eigenvalue weighted by atomic mass is 16.5. The van der Waals surface area contributed by atoms with E-state index in [-0.39, 0.29) is 6.10 Å². The Balaban J connectivity index is 2.11. The summed E-state index contributed by atoms with van der Waals surface area (Å²) in [6.07, 6.45) is 4.28. The molecule has 1 aromatic rings. The van der Waals surface area contributed by atoms with Crippen LogP contribution in [0.1, 0.15) is 24.8 Å². The average molecular weight is 232 g/mol. The van der Waals surface area contributed by atoms with Crippen molar-refractivity contribution in [3.63, 3.8) is 0 Å². The number of ether oxygens (including phenoxy) is 1. The lowest BCUT2D eigenvalue weighted by Gasteiger charge is -2.09. The molecule has 0 aromatic heterocycles. The van der Waals surface area contributed by atoms with Crippen molar-refractivity contribution in [1.29, 1.82) is 0 Å². The molecular formula is C14H16O3. The third-order valence-electron chi connectivity index (χ3n) is 2.89. The van der Waals surface area contributed by atoms with E-state index in [4.69, 9.17) is 4.74 Å². The van der Waals surface area contributed by atoms with Crippen molar-refractivity contribution in [2.45, 2.75) is 25.4 Å². The van der Waals surface area contributed by atoms with E-state index in [0.717, 1.165) is 25.0 Å². The van der Waals surface area contributed by atoms with Gasteiger partial charge in [-0.3, -0.25) is 0 Å². The summed E-state index contributed by atoms with van der Waals surface area (Å²) < 4.78 is 5.47. The maximum Gasteiger partial charge on any atom is 0.331 e. The molecule has 17 heavy (non-hydrogen) atoms. The Labute approximate surface area is 101 Å². The summed E-state index contributed by atoms with van der Waals surface area (Å²) in [7, 11) is 0. The van der Waals surface area contributed by atoms with Gasteiger partial charge in [-0.1, -0.05) is 30.3 Å². The van der Waals surface area contributed by atoms with Crippen LogP contribution in [0.3, 0.4) is 0 Å². The van der Waals surface area contributed by atoms with Crippen LogP contribution >= 0.6 is 0 Å². The molecule has 1 atom stereocenters. The maximum atomic E-state index is 11.2. The van der Waals surface area contributed by atoms with Crippen molar-refractivity contribution >= 4 is 12.0 Å². The van der Waals surface area contributed by atoms with E-state index >= 15 is 0 Å². The average Bonchev–Trinajstić information content (AvgIpc) is 2.82. The molecule has 1 heterocycles. The smallest absolute Gasteiger partial charge is 0.331 e. The molecule has 90 valence electrons. The van der Waals surface area contributed by atoms with Gasteiger partial charge < -0.3 is 9.84 Å². The molecule has 0 radical (unpaired) electrons. The molecule has 3 nitrogen and oxygen atoms in total. The molecule has 1 unspecified atom stereocenters. The Morgan fingerprint density at radius 1 is 1.41 bits per heavy atom. The van der Waals surface area contributed by atoms with Crippen molar-refractivity contribution in [3.8, 4) is 0 Å². The number of hydrogen-bond donors (Lipinski definition) is 1. The van der Waals surface area contributed by atoms with Crippen LogP contribution in [0, 0.1) is 0 Å². The fourth-order valence-corrected chi connectivity index (χ4v) is 2.01. The summed E-state index contributed by atoms with van der Waals surface area (Å²) in [5, 5.41) is 9.17. The van der Waals surface area contributed by atoms with E-state index < -0.39 is 5.97 Å². The number of hydrogen-bond acceptors (Lipinski definition) is 2. The van der Waals surface area contributed by atoms with Gasteiger partial charge in [-0.25, -0.2) is 4.79 Å². The second-order valence-electron chi connectivity index (χ2n) is 4.22. The predicted molar refractivity (Wildman–Crippen MR) is 65.6 cm³/mol.